The third kappa shape index (κ3) is 1.76. The summed E-state index contributed by atoms with van der Waals surface area (Å²) in [6.07, 6.45) is 3.79. The van der Waals surface area contributed by atoms with Gasteiger partial charge in [-0.1, -0.05) is 41.5 Å². The van der Waals surface area contributed by atoms with E-state index in [1.54, 1.807) is 11.1 Å². The Hall–Kier alpha value is -1.04. The second kappa shape index (κ2) is 3.14. The first-order chi connectivity index (χ1) is 5.86. The highest BCUT2D eigenvalue weighted by Crippen LogP contribution is 2.33. The average Bonchev–Trinajstić information content (AvgIpc) is 2.81. The van der Waals surface area contributed by atoms with E-state index in [4.69, 9.17) is 0 Å². The minimum atomic E-state index is 1.22. The molecular formula is C12H14. The number of benzene rings is 1. The Morgan fingerprint density at radius 3 is 2.33 bits per heavy atom. The lowest BCUT2D eigenvalue weighted by atomic mass is 10.1. The molecule has 0 aliphatic heterocycles. The molecule has 0 spiro atoms. The lowest BCUT2D eigenvalue weighted by Crippen LogP contribution is -1.81. The molecule has 0 fully saturated rings. The molecule has 0 N–H and O–H groups in total. The predicted molar refractivity (Wildman–Crippen MR) is 52.1 cm³/mol. The first-order valence-electron chi connectivity index (χ1n) is 4.57. The van der Waals surface area contributed by atoms with Gasteiger partial charge in [-0.25, -0.2) is 0 Å². The maximum atomic E-state index is 2.24. The van der Waals surface area contributed by atoms with Crippen molar-refractivity contribution in [3.8, 4) is 0 Å². The maximum Gasteiger partial charge on any atom is -0.0106 e. The van der Waals surface area contributed by atoms with Crippen LogP contribution in [-0.2, 0) is 6.42 Å². The van der Waals surface area contributed by atoms with Crippen LogP contribution in [0.2, 0.25) is 0 Å². The Bertz CT molecular complexity index is 293. The van der Waals surface area contributed by atoms with Crippen molar-refractivity contribution in [3.63, 3.8) is 0 Å². The lowest BCUT2D eigenvalue weighted by molar-refractivity contribution is 0.967. The van der Waals surface area contributed by atoms with E-state index in [1.165, 1.54) is 24.8 Å². The van der Waals surface area contributed by atoms with Crippen LogP contribution in [0.4, 0.5) is 0 Å². The summed E-state index contributed by atoms with van der Waals surface area (Å²) in [5, 5.41) is 0. The molecule has 0 heterocycles. The van der Waals surface area contributed by atoms with E-state index >= 15 is 0 Å². The Kier molecular flexibility index (Phi) is 1.99. The van der Waals surface area contributed by atoms with Gasteiger partial charge in [-0.3, -0.25) is 0 Å². The molecule has 0 amide bonds. The minimum Gasteiger partial charge on any atom is -0.0697 e. The lowest BCUT2D eigenvalue weighted by Gasteiger charge is -1.96. The molecule has 0 saturated heterocycles. The molecule has 1 aromatic rings. The molecule has 1 aliphatic rings. The third-order valence-electron chi connectivity index (χ3n) is 2.52. The molecule has 1 aliphatic carbocycles. The fourth-order valence-electron chi connectivity index (χ4n) is 1.52. The van der Waals surface area contributed by atoms with Gasteiger partial charge in [0, 0.05) is 0 Å². The molecular weight excluding hydrogens is 144 g/mol. The van der Waals surface area contributed by atoms with Crippen molar-refractivity contribution in [1.82, 2.24) is 0 Å². The summed E-state index contributed by atoms with van der Waals surface area (Å²) in [4.78, 5) is 0. The van der Waals surface area contributed by atoms with Crippen molar-refractivity contribution in [2.75, 3.05) is 0 Å². The van der Waals surface area contributed by atoms with Gasteiger partial charge in [0.2, 0.25) is 0 Å². The Labute approximate surface area is 73.9 Å². The second-order valence-corrected chi connectivity index (χ2v) is 3.55. The SMILES string of the molecule is CC1=C(CCc2ccccc2)C1. The van der Waals surface area contributed by atoms with Gasteiger partial charge >= 0.3 is 0 Å². The zero-order chi connectivity index (χ0) is 8.39. The number of allylic oxidation sites excluding steroid dienone is 2. The van der Waals surface area contributed by atoms with Crippen LogP contribution in [0.15, 0.2) is 41.5 Å². The van der Waals surface area contributed by atoms with Crippen molar-refractivity contribution in [3.05, 3.63) is 47.0 Å². The van der Waals surface area contributed by atoms with E-state index in [9.17, 15) is 0 Å². The third-order valence-corrected chi connectivity index (χ3v) is 2.52. The molecule has 12 heavy (non-hydrogen) atoms. The van der Waals surface area contributed by atoms with Gasteiger partial charge in [-0.2, -0.15) is 0 Å². The van der Waals surface area contributed by atoms with E-state index in [2.05, 4.69) is 37.3 Å². The van der Waals surface area contributed by atoms with Gasteiger partial charge in [0.05, 0.1) is 0 Å². The van der Waals surface area contributed by atoms with Crippen LogP contribution in [0.3, 0.4) is 0 Å². The molecule has 0 heteroatoms. The van der Waals surface area contributed by atoms with Crippen LogP contribution in [0.5, 0.6) is 0 Å². The van der Waals surface area contributed by atoms with Crippen molar-refractivity contribution in [2.45, 2.75) is 26.2 Å². The Morgan fingerprint density at radius 1 is 1.08 bits per heavy atom. The van der Waals surface area contributed by atoms with E-state index in [0.717, 1.165) is 0 Å². The summed E-state index contributed by atoms with van der Waals surface area (Å²) in [7, 11) is 0. The van der Waals surface area contributed by atoms with Crippen LogP contribution < -0.4 is 0 Å². The summed E-state index contributed by atoms with van der Waals surface area (Å²) in [5.74, 6) is 0. The van der Waals surface area contributed by atoms with Gasteiger partial charge in [0.25, 0.3) is 0 Å². The van der Waals surface area contributed by atoms with E-state index < -0.39 is 0 Å². The minimum absolute atomic E-state index is 1.22. The topological polar surface area (TPSA) is 0 Å². The standard InChI is InChI=1S/C12H14/c1-10-9-12(10)8-7-11-5-3-2-4-6-11/h2-6H,7-9H2,1H3. The average molecular weight is 158 g/mol. The van der Waals surface area contributed by atoms with Crippen LogP contribution in [-0.4, -0.2) is 0 Å². The van der Waals surface area contributed by atoms with Gasteiger partial charge < -0.3 is 0 Å². The van der Waals surface area contributed by atoms with Crippen molar-refractivity contribution < 1.29 is 0 Å². The zero-order valence-electron chi connectivity index (χ0n) is 7.51. The first-order valence-corrected chi connectivity index (χ1v) is 4.57. The van der Waals surface area contributed by atoms with Crippen LogP contribution in [0, 0.1) is 0 Å². The zero-order valence-corrected chi connectivity index (χ0v) is 7.51. The van der Waals surface area contributed by atoms with Gasteiger partial charge in [-0.05, 0) is 31.7 Å². The number of hydrogen-bond donors (Lipinski definition) is 0. The quantitative estimate of drug-likeness (QED) is 0.592. The molecule has 0 bridgehead atoms. The smallest absolute Gasteiger partial charge is 0.0106 e. The summed E-state index contributed by atoms with van der Waals surface area (Å²) < 4.78 is 0. The highest BCUT2D eigenvalue weighted by Gasteiger charge is 2.14. The normalized spacial score (nSPS) is 15.1. The largest absolute Gasteiger partial charge is 0.0697 e. The number of rotatable bonds is 3. The van der Waals surface area contributed by atoms with E-state index in [1.807, 2.05) is 0 Å². The fraction of sp³-hybridized carbons (Fsp3) is 0.333. The van der Waals surface area contributed by atoms with Gasteiger partial charge in [0.1, 0.15) is 0 Å². The highest BCUT2D eigenvalue weighted by molar-refractivity contribution is 5.33. The number of aryl methyl sites for hydroxylation is 1. The first kappa shape index (κ1) is 7.60. The van der Waals surface area contributed by atoms with Crippen LogP contribution in [0.1, 0.15) is 25.3 Å². The molecule has 2 rings (SSSR count). The maximum absolute atomic E-state index is 2.24. The summed E-state index contributed by atoms with van der Waals surface area (Å²) in [6.45, 7) is 2.24. The molecule has 62 valence electrons. The monoisotopic (exact) mass is 158 g/mol. The van der Waals surface area contributed by atoms with Crippen LogP contribution in [0.25, 0.3) is 0 Å². The molecule has 0 unspecified atom stereocenters. The molecule has 0 nitrogen and oxygen atoms in total. The fourth-order valence-corrected chi connectivity index (χ4v) is 1.52. The second-order valence-electron chi connectivity index (χ2n) is 3.55. The van der Waals surface area contributed by atoms with Crippen LogP contribution >= 0.6 is 0 Å². The predicted octanol–water partition coefficient (Wildman–Crippen LogP) is 3.34. The molecule has 1 aromatic carbocycles. The van der Waals surface area contributed by atoms with Crippen molar-refractivity contribution >= 4 is 0 Å². The van der Waals surface area contributed by atoms with E-state index in [-0.39, 0.29) is 0 Å². The number of hydrogen-bond acceptors (Lipinski definition) is 0. The van der Waals surface area contributed by atoms with Crippen molar-refractivity contribution in [1.29, 1.82) is 0 Å². The summed E-state index contributed by atoms with van der Waals surface area (Å²) in [5.41, 5.74) is 4.76. The van der Waals surface area contributed by atoms with Gasteiger partial charge in [0.15, 0.2) is 0 Å². The summed E-state index contributed by atoms with van der Waals surface area (Å²) >= 11 is 0. The highest BCUT2D eigenvalue weighted by atomic mass is 14.2. The molecule has 0 aromatic heterocycles. The van der Waals surface area contributed by atoms with E-state index in [0.29, 0.717) is 0 Å². The van der Waals surface area contributed by atoms with Gasteiger partial charge in [-0.15, -0.1) is 0 Å². The van der Waals surface area contributed by atoms with Crippen molar-refractivity contribution in [2.24, 2.45) is 0 Å². The Morgan fingerprint density at radius 2 is 1.75 bits per heavy atom. The Balaban J connectivity index is 1.89. The molecule has 0 atom stereocenters. The molecule has 0 radical (unpaired) electrons. The summed E-state index contributed by atoms with van der Waals surface area (Å²) in [6, 6.07) is 10.7. The molecule has 0 saturated carbocycles.